The minimum absolute atomic E-state index is 0.0880. The second-order valence-corrected chi connectivity index (χ2v) is 4.59. The Hall–Kier alpha value is -1.55. The molecule has 0 unspecified atom stereocenters. The van der Waals surface area contributed by atoms with Crippen molar-refractivity contribution >= 4 is 28.6 Å². The molecule has 0 bridgehead atoms. The molecule has 0 aliphatic carbocycles. The van der Waals surface area contributed by atoms with Crippen LogP contribution in [0.15, 0.2) is 18.2 Å². The number of fused-ring (bicyclic) bond motifs is 1. The first-order valence-electron chi connectivity index (χ1n) is 5.99. The van der Waals surface area contributed by atoms with Crippen molar-refractivity contribution in [2.24, 2.45) is 0 Å². The molecular formula is C13H15ClN2O2. The van der Waals surface area contributed by atoms with Crippen LogP contribution in [0.4, 0.5) is 0 Å². The van der Waals surface area contributed by atoms with Gasteiger partial charge in [-0.1, -0.05) is 24.6 Å². The van der Waals surface area contributed by atoms with Crippen LogP contribution in [0.25, 0.3) is 11.0 Å². The number of nitrogens with zero attached hydrogens (tertiary/aromatic N) is 2. The van der Waals surface area contributed by atoms with E-state index >= 15 is 0 Å². The Morgan fingerprint density at radius 2 is 2.28 bits per heavy atom. The minimum atomic E-state index is -0.809. The number of hydrogen-bond acceptors (Lipinski definition) is 2. The molecule has 0 aliphatic heterocycles. The number of carbonyl (C=O) groups is 1. The fourth-order valence-corrected chi connectivity index (χ4v) is 2.34. The molecular weight excluding hydrogens is 252 g/mol. The van der Waals surface area contributed by atoms with Crippen LogP contribution in [0.3, 0.4) is 0 Å². The number of aryl methyl sites for hydroxylation is 2. The van der Waals surface area contributed by atoms with E-state index in [1.54, 1.807) is 0 Å². The van der Waals surface area contributed by atoms with Crippen molar-refractivity contribution in [3.8, 4) is 0 Å². The van der Waals surface area contributed by atoms with E-state index in [-0.39, 0.29) is 6.42 Å². The number of imidazole rings is 1. The third kappa shape index (κ3) is 2.48. The number of halogens is 1. The quantitative estimate of drug-likeness (QED) is 0.905. The second-order valence-electron chi connectivity index (χ2n) is 4.18. The first kappa shape index (κ1) is 12.9. The molecule has 0 aliphatic rings. The Bertz CT molecular complexity index is 578. The first-order chi connectivity index (χ1) is 8.63. The highest BCUT2D eigenvalue weighted by atomic mass is 35.5. The van der Waals surface area contributed by atoms with Crippen molar-refractivity contribution in [3.05, 3.63) is 29.0 Å². The molecule has 0 fully saturated rings. The molecule has 1 heterocycles. The summed E-state index contributed by atoms with van der Waals surface area (Å²) in [5, 5.41) is 9.42. The number of benzene rings is 1. The number of carboxylic acids is 1. The van der Waals surface area contributed by atoms with E-state index in [2.05, 4.69) is 11.9 Å². The molecule has 0 atom stereocenters. The number of hydrogen-bond donors (Lipinski definition) is 1. The van der Waals surface area contributed by atoms with Crippen molar-refractivity contribution < 1.29 is 9.90 Å². The Morgan fingerprint density at radius 1 is 1.50 bits per heavy atom. The zero-order valence-corrected chi connectivity index (χ0v) is 10.9. The standard InChI is InChI=1S/C13H15ClN2O2/c1-2-8-16-11(6-7-12(17)18)15-10-5-3-4-9(14)13(10)16/h3-5H,2,6-8H2,1H3,(H,17,18). The molecule has 1 N–H and O–H groups in total. The maximum atomic E-state index is 10.7. The van der Waals surface area contributed by atoms with Gasteiger partial charge in [0.2, 0.25) is 0 Å². The Labute approximate surface area is 110 Å². The van der Waals surface area contributed by atoms with E-state index in [0.29, 0.717) is 11.4 Å². The molecule has 0 spiro atoms. The van der Waals surface area contributed by atoms with Gasteiger partial charge in [0, 0.05) is 13.0 Å². The van der Waals surface area contributed by atoms with E-state index in [0.717, 1.165) is 29.8 Å². The molecule has 96 valence electrons. The lowest BCUT2D eigenvalue weighted by Crippen LogP contribution is -2.06. The summed E-state index contributed by atoms with van der Waals surface area (Å²) in [5.41, 5.74) is 1.73. The highest BCUT2D eigenvalue weighted by Crippen LogP contribution is 2.25. The van der Waals surface area contributed by atoms with Crippen LogP contribution in [0.5, 0.6) is 0 Å². The van der Waals surface area contributed by atoms with Crippen molar-refractivity contribution in [1.82, 2.24) is 9.55 Å². The minimum Gasteiger partial charge on any atom is -0.481 e. The number of rotatable bonds is 5. The predicted octanol–water partition coefficient (Wildman–Crippen LogP) is 3.12. The lowest BCUT2D eigenvalue weighted by molar-refractivity contribution is -0.137. The van der Waals surface area contributed by atoms with Crippen LogP contribution in [0.2, 0.25) is 5.02 Å². The smallest absolute Gasteiger partial charge is 0.303 e. The fraction of sp³-hybridized carbons (Fsp3) is 0.385. The van der Waals surface area contributed by atoms with E-state index in [4.69, 9.17) is 16.7 Å². The average molecular weight is 267 g/mol. The Morgan fingerprint density at radius 3 is 2.94 bits per heavy atom. The van der Waals surface area contributed by atoms with Gasteiger partial charge in [-0.25, -0.2) is 4.98 Å². The second kappa shape index (κ2) is 5.40. The largest absolute Gasteiger partial charge is 0.481 e. The number of carboxylic acid groups (broad SMARTS) is 1. The van der Waals surface area contributed by atoms with Crippen LogP contribution in [-0.4, -0.2) is 20.6 Å². The molecule has 2 aromatic rings. The maximum Gasteiger partial charge on any atom is 0.303 e. The van der Waals surface area contributed by atoms with Gasteiger partial charge in [0.25, 0.3) is 0 Å². The summed E-state index contributed by atoms with van der Waals surface area (Å²) in [7, 11) is 0. The molecule has 1 aromatic heterocycles. The van der Waals surface area contributed by atoms with Gasteiger partial charge in [-0.05, 0) is 18.6 Å². The highest BCUT2D eigenvalue weighted by Gasteiger charge is 2.13. The molecule has 0 saturated carbocycles. The van der Waals surface area contributed by atoms with Crippen LogP contribution in [0, 0.1) is 0 Å². The average Bonchev–Trinajstić information content (AvgIpc) is 2.67. The fourth-order valence-electron chi connectivity index (χ4n) is 2.06. The lowest BCUT2D eigenvalue weighted by atomic mass is 10.3. The first-order valence-corrected chi connectivity index (χ1v) is 6.36. The van der Waals surface area contributed by atoms with E-state index < -0.39 is 5.97 Å². The molecule has 1 aromatic carbocycles. The van der Waals surface area contributed by atoms with Gasteiger partial charge in [-0.3, -0.25) is 4.79 Å². The number of aliphatic carboxylic acids is 1. The Kier molecular flexibility index (Phi) is 3.87. The number of aromatic nitrogens is 2. The van der Waals surface area contributed by atoms with Gasteiger partial charge in [-0.2, -0.15) is 0 Å². The normalized spacial score (nSPS) is 11.0. The van der Waals surface area contributed by atoms with Crippen molar-refractivity contribution in [1.29, 1.82) is 0 Å². The van der Waals surface area contributed by atoms with Crippen molar-refractivity contribution in [2.45, 2.75) is 32.7 Å². The SMILES string of the molecule is CCCn1c(CCC(=O)O)nc2cccc(Cl)c21. The van der Waals surface area contributed by atoms with E-state index in [9.17, 15) is 4.79 Å². The van der Waals surface area contributed by atoms with Gasteiger partial charge in [0.05, 0.1) is 22.5 Å². The molecule has 2 rings (SSSR count). The maximum absolute atomic E-state index is 10.7. The molecule has 0 saturated heterocycles. The van der Waals surface area contributed by atoms with E-state index in [1.165, 1.54) is 0 Å². The molecule has 5 heteroatoms. The van der Waals surface area contributed by atoms with Crippen LogP contribution >= 0.6 is 11.6 Å². The summed E-state index contributed by atoms with van der Waals surface area (Å²) in [5.74, 6) is -0.0152. The summed E-state index contributed by atoms with van der Waals surface area (Å²) >= 11 is 6.20. The lowest BCUT2D eigenvalue weighted by Gasteiger charge is -2.07. The van der Waals surface area contributed by atoms with Gasteiger partial charge >= 0.3 is 5.97 Å². The molecule has 18 heavy (non-hydrogen) atoms. The summed E-state index contributed by atoms with van der Waals surface area (Å²) < 4.78 is 2.03. The van der Waals surface area contributed by atoms with Crippen LogP contribution in [-0.2, 0) is 17.8 Å². The Balaban J connectivity index is 2.47. The van der Waals surface area contributed by atoms with Gasteiger partial charge in [0.15, 0.2) is 0 Å². The zero-order chi connectivity index (χ0) is 13.1. The molecule has 0 amide bonds. The zero-order valence-electron chi connectivity index (χ0n) is 10.2. The predicted molar refractivity (Wildman–Crippen MR) is 71.0 cm³/mol. The third-order valence-electron chi connectivity index (χ3n) is 2.81. The van der Waals surface area contributed by atoms with Crippen LogP contribution in [0.1, 0.15) is 25.6 Å². The summed E-state index contributed by atoms with van der Waals surface area (Å²) in [4.78, 5) is 15.1. The van der Waals surface area contributed by atoms with Gasteiger partial charge in [-0.15, -0.1) is 0 Å². The summed E-state index contributed by atoms with van der Waals surface area (Å²) in [6.07, 6.45) is 1.47. The van der Waals surface area contributed by atoms with E-state index in [1.807, 2.05) is 22.8 Å². The van der Waals surface area contributed by atoms with Gasteiger partial charge < -0.3 is 9.67 Å². The van der Waals surface area contributed by atoms with Gasteiger partial charge in [0.1, 0.15) is 5.82 Å². The van der Waals surface area contributed by atoms with Crippen LogP contribution < -0.4 is 0 Å². The highest BCUT2D eigenvalue weighted by molar-refractivity contribution is 6.35. The monoisotopic (exact) mass is 266 g/mol. The molecule has 0 radical (unpaired) electrons. The summed E-state index contributed by atoms with van der Waals surface area (Å²) in [6, 6.07) is 5.59. The van der Waals surface area contributed by atoms with Crippen molar-refractivity contribution in [3.63, 3.8) is 0 Å². The topological polar surface area (TPSA) is 55.1 Å². The van der Waals surface area contributed by atoms with Crippen molar-refractivity contribution in [2.75, 3.05) is 0 Å². The third-order valence-corrected chi connectivity index (χ3v) is 3.11. The number of para-hydroxylation sites is 1. The molecule has 4 nitrogen and oxygen atoms in total. The summed E-state index contributed by atoms with van der Waals surface area (Å²) in [6.45, 7) is 2.87.